The third-order valence-electron chi connectivity index (χ3n) is 4.72. The van der Waals surface area contributed by atoms with Crippen LogP contribution in [-0.4, -0.2) is 31.7 Å². The molecule has 6 heteroatoms. The topological polar surface area (TPSA) is 66.5 Å². The molecule has 1 aliphatic rings. The lowest BCUT2D eigenvalue weighted by atomic mass is 9.98. The van der Waals surface area contributed by atoms with E-state index in [1.807, 2.05) is 31.2 Å². The number of nitrogens with one attached hydrogen (secondary N) is 1. The first-order valence-electron chi connectivity index (χ1n) is 8.85. The number of rotatable bonds is 5. The summed E-state index contributed by atoms with van der Waals surface area (Å²) in [5.74, 6) is -0.397. The molecular weight excluding hydrogens is 348 g/mol. The van der Waals surface area contributed by atoms with Crippen LogP contribution in [0.15, 0.2) is 59.5 Å². The first kappa shape index (κ1) is 18.6. The molecule has 1 fully saturated rings. The maximum atomic E-state index is 12.8. The van der Waals surface area contributed by atoms with E-state index in [1.54, 1.807) is 30.3 Å². The highest BCUT2D eigenvalue weighted by molar-refractivity contribution is 7.89. The third kappa shape index (κ3) is 4.31. The molecule has 0 unspecified atom stereocenters. The Morgan fingerprint density at radius 1 is 1.12 bits per heavy atom. The second kappa shape index (κ2) is 8.01. The van der Waals surface area contributed by atoms with Gasteiger partial charge in [-0.1, -0.05) is 48.0 Å². The van der Waals surface area contributed by atoms with Crippen LogP contribution < -0.4 is 5.32 Å². The van der Waals surface area contributed by atoms with Gasteiger partial charge in [0, 0.05) is 19.6 Å². The van der Waals surface area contributed by atoms with Crippen molar-refractivity contribution in [1.29, 1.82) is 0 Å². The molecular formula is C20H24N2O3S. The number of sulfonamides is 1. The molecule has 0 aliphatic carbocycles. The van der Waals surface area contributed by atoms with E-state index < -0.39 is 10.0 Å². The van der Waals surface area contributed by atoms with E-state index in [4.69, 9.17) is 0 Å². The minimum absolute atomic E-state index is 0.0847. The van der Waals surface area contributed by atoms with Crippen LogP contribution >= 0.6 is 0 Å². The van der Waals surface area contributed by atoms with Crippen LogP contribution in [-0.2, 0) is 21.4 Å². The molecule has 3 rings (SSSR count). The fourth-order valence-corrected chi connectivity index (χ4v) is 4.70. The lowest BCUT2D eigenvalue weighted by Gasteiger charge is -2.31. The maximum Gasteiger partial charge on any atom is 0.243 e. The third-order valence-corrected chi connectivity index (χ3v) is 6.60. The Balaban J connectivity index is 1.62. The molecule has 2 aromatic carbocycles. The van der Waals surface area contributed by atoms with Gasteiger partial charge in [-0.25, -0.2) is 8.42 Å². The summed E-state index contributed by atoms with van der Waals surface area (Å²) in [5, 5.41) is 2.94. The number of nitrogens with zero attached hydrogens (tertiary/aromatic N) is 1. The molecule has 1 aliphatic heterocycles. The van der Waals surface area contributed by atoms with E-state index in [0.29, 0.717) is 25.9 Å². The summed E-state index contributed by atoms with van der Waals surface area (Å²) >= 11 is 0. The maximum absolute atomic E-state index is 12.8. The molecule has 5 nitrogen and oxygen atoms in total. The second-order valence-corrected chi connectivity index (χ2v) is 8.66. The normalized spacial score (nSPS) is 18.4. The zero-order valence-corrected chi connectivity index (χ0v) is 15.7. The molecule has 1 heterocycles. The van der Waals surface area contributed by atoms with Crippen molar-refractivity contribution in [3.05, 3.63) is 65.7 Å². The van der Waals surface area contributed by atoms with Crippen molar-refractivity contribution >= 4 is 15.9 Å². The van der Waals surface area contributed by atoms with Crippen molar-refractivity contribution in [2.24, 2.45) is 5.92 Å². The number of hydrogen-bond donors (Lipinski definition) is 1. The molecule has 1 N–H and O–H groups in total. The number of hydrogen-bond acceptors (Lipinski definition) is 3. The zero-order valence-electron chi connectivity index (χ0n) is 14.9. The number of aryl methyl sites for hydroxylation is 1. The van der Waals surface area contributed by atoms with Gasteiger partial charge in [-0.2, -0.15) is 4.31 Å². The van der Waals surface area contributed by atoms with E-state index in [-0.39, 0.29) is 23.3 Å². The summed E-state index contributed by atoms with van der Waals surface area (Å²) in [4.78, 5) is 12.8. The van der Waals surface area contributed by atoms with Gasteiger partial charge >= 0.3 is 0 Å². The van der Waals surface area contributed by atoms with E-state index in [0.717, 1.165) is 5.56 Å². The van der Waals surface area contributed by atoms with Gasteiger partial charge in [-0.3, -0.25) is 4.79 Å². The molecule has 1 saturated heterocycles. The van der Waals surface area contributed by atoms with E-state index in [2.05, 4.69) is 5.32 Å². The Kier molecular flexibility index (Phi) is 5.74. The van der Waals surface area contributed by atoms with Gasteiger partial charge in [0.05, 0.1) is 10.8 Å². The highest BCUT2D eigenvalue weighted by atomic mass is 32.2. The van der Waals surface area contributed by atoms with E-state index in [1.165, 1.54) is 9.87 Å². The molecule has 138 valence electrons. The van der Waals surface area contributed by atoms with E-state index >= 15 is 0 Å². The summed E-state index contributed by atoms with van der Waals surface area (Å²) < 4.78 is 27.0. The monoisotopic (exact) mass is 372 g/mol. The van der Waals surface area contributed by atoms with Crippen LogP contribution in [0.4, 0.5) is 0 Å². The molecule has 1 amide bonds. The van der Waals surface area contributed by atoms with Gasteiger partial charge in [0.2, 0.25) is 15.9 Å². The van der Waals surface area contributed by atoms with Crippen LogP contribution in [0.25, 0.3) is 0 Å². The zero-order chi connectivity index (χ0) is 18.6. The number of benzene rings is 2. The molecule has 26 heavy (non-hydrogen) atoms. The first-order valence-corrected chi connectivity index (χ1v) is 10.3. The highest BCUT2D eigenvalue weighted by Gasteiger charge is 2.33. The average Bonchev–Trinajstić information content (AvgIpc) is 2.68. The number of carbonyl (C=O) groups is 1. The average molecular weight is 372 g/mol. The van der Waals surface area contributed by atoms with Crippen molar-refractivity contribution in [3.63, 3.8) is 0 Å². The van der Waals surface area contributed by atoms with Gasteiger partial charge in [0.25, 0.3) is 0 Å². The summed E-state index contributed by atoms with van der Waals surface area (Å²) in [6.07, 6.45) is 1.40. The van der Waals surface area contributed by atoms with Crippen molar-refractivity contribution < 1.29 is 13.2 Å². The van der Waals surface area contributed by atoms with Gasteiger partial charge < -0.3 is 5.32 Å². The van der Waals surface area contributed by atoms with Crippen LogP contribution in [0.1, 0.15) is 24.0 Å². The lowest BCUT2D eigenvalue weighted by molar-refractivity contribution is -0.126. The van der Waals surface area contributed by atoms with Crippen molar-refractivity contribution in [2.75, 3.05) is 13.1 Å². The first-order chi connectivity index (χ1) is 12.5. The summed E-state index contributed by atoms with van der Waals surface area (Å²) in [6, 6.07) is 16.4. The van der Waals surface area contributed by atoms with Crippen LogP contribution in [0.3, 0.4) is 0 Å². The van der Waals surface area contributed by atoms with Crippen molar-refractivity contribution in [1.82, 2.24) is 9.62 Å². The Morgan fingerprint density at radius 2 is 1.81 bits per heavy atom. The Morgan fingerprint density at radius 3 is 2.50 bits per heavy atom. The van der Waals surface area contributed by atoms with Crippen LogP contribution in [0.2, 0.25) is 0 Å². The Bertz CT molecular complexity index is 848. The summed E-state index contributed by atoms with van der Waals surface area (Å²) in [7, 11) is -3.55. The molecule has 0 bridgehead atoms. The fourth-order valence-electron chi connectivity index (χ4n) is 3.16. The summed E-state index contributed by atoms with van der Waals surface area (Å²) in [6.45, 7) is 3.17. The number of carbonyl (C=O) groups excluding carboxylic acids is 1. The molecule has 0 spiro atoms. The molecule has 0 radical (unpaired) electrons. The minimum atomic E-state index is -3.55. The lowest BCUT2D eigenvalue weighted by Crippen LogP contribution is -2.45. The number of piperidine rings is 1. The highest BCUT2D eigenvalue weighted by Crippen LogP contribution is 2.23. The Hall–Kier alpha value is -2.18. The second-order valence-electron chi connectivity index (χ2n) is 6.72. The van der Waals surface area contributed by atoms with Gasteiger partial charge in [-0.05, 0) is 37.5 Å². The molecule has 1 atom stereocenters. The predicted octanol–water partition coefficient (Wildman–Crippen LogP) is 2.71. The van der Waals surface area contributed by atoms with Crippen molar-refractivity contribution in [3.8, 4) is 0 Å². The predicted molar refractivity (Wildman–Crippen MR) is 101 cm³/mol. The Labute approximate surface area is 155 Å². The SMILES string of the molecule is Cc1ccc(CNC(=O)[C@H]2CCCN(S(=O)(=O)c3ccccc3)C2)cc1. The van der Waals surface area contributed by atoms with Crippen LogP contribution in [0.5, 0.6) is 0 Å². The van der Waals surface area contributed by atoms with Crippen LogP contribution in [0, 0.1) is 12.8 Å². The molecule has 0 aromatic heterocycles. The van der Waals surface area contributed by atoms with Gasteiger partial charge in [-0.15, -0.1) is 0 Å². The van der Waals surface area contributed by atoms with Gasteiger partial charge in [0.1, 0.15) is 0 Å². The van der Waals surface area contributed by atoms with E-state index in [9.17, 15) is 13.2 Å². The summed E-state index contributed by atoms with van der Waals surface area (Å²) in [5.41, 5.74) is 2.21. The fraction of sp³-hybridized carbons (Fsp3) is 0.350. The van der Waals surface area contributed by atoms with Crippen molar-refractivity contribution in [2.45, 2.75) is 31.2 Å². The molecule has 0 saturated carbocycles. The smallest absolute Gasteiger partial charge is 0.243 e. The quantitative estimate of drug-likeness (QED) is 0.878. The number of amides is 1. The largest absolute Gasteiger partial charge is 0.352 e. The van der Waals surface area contributed by atoms with Gasteiger partial charge in [0.15, 0.2) is 0 Å². The molecule has 2 aromatic rings. The standard InChI is InChI=1S/C20H24N2O3S/c1-16-9-11-17(12-10-16)14-21-20(23)18-6-5-13-22(15-18)26(24,25)19-7-3-2-4-8-19/h2-4,7-12,18H,5-6,13-15H2,1H3,(H,21,23)/t18-/m0/s1. The minimum Gasteiger partial charge on any atom is -0.352 e.